The van der Waals surface area contributed by atoms with E-state index in [4.69, 9.17) is 0 Å². The molecule has 130 valence electrons. The van der Waals surface area contributed by atoms with Crippen molar-refractivity contribution in [2.24, 2.45) is 0 Å². The first-order valence-corrected chi connectivity index (χ1v) is 9.43. The Kier molecular flexibility index (Phi) is 5.13. The lowest BCUT2D eigenvalue weighted by Crippen LogP contribution is -2.52. The van der Waals surface area contributed by atoms with Gasteiger partial charge in [-0.2, -0.15) is 0 Å². The fraction of sp³-hybridized carbons (Fsp3) is 0.300. The normalized spacial score (nSPS) is 18.7. The van der Waals surface area contributed by atoms with Crippen LogP contribution in [-0.2, 0) is 21.5 Å². The van der Waals surface area contributed by atoms with Gasteiger partial charge >= 0.3 is 5.97 Å². The van der Waals surface area contributed by atoms with E-state index < -0.39 is 11.5 Å². The van der Waals surface area contributed by atoms with E-state index >= 15 is 0 Å². The quantitative estimate of drug-likeness (QED) is 0.861. The average molecular weight is 355 g/mol. The summed E-state index contributed by atoms with van der Waals surface area (Å²) in [5, 5.41) is 12.4. The van der Waals surface area contributed by atoms with Crippen LogP contribution in [0.3, 0.4) is 0 Å². The van der Waals surface area contributed by atoms with Gasteiger partial charge in [0.25, 0.3) is 0 Å². The van der Waals surface area contributed by atoms with E-state index in [1.165, 1.54) is 5.56 Å². The fourth-order valence-electron chi connectivity index (χ4n) is 3.30. The second kappa shape index (κ2) is 7.31. The summed E-state index contributed by atoms with van der Waals surface area (Å²) in [4.78, 5) is 25.1. The monoisotopic (exact) mass is 355 g/mol. The first-order valence-electron chi connectivity index (χ1n) is 8.39. The van der Waals surface area contributed by atoms with E-state index in [0.717, 1.165) is 17.7 Å². The van der Waals surface area contributed by atoms with Gasteiger partial charge in [-0.25, -0.2) is 4.79 Å². The standard InChI is InChI=1S/C20H21NO3S/c1-2-20(19(23)24,15-9-4-3-5-10-15)21-18(22)17-16-11-7-6-8-14(16)12-13-25-17/h3-11,17H,2,12-13H2,1H3,(H,21,22)(H,23,24). The molecule has 1 heterocycles. The van der Waals surface area contributed by atoms with Crippen LogP contribution >= 0.6 is 11.8 Å². The molecule has 0 bridgehead atoms. The lowest BCUT2D eigenvalue weighted by atomic mass is 9.86. The van der Waals surface area contributed by atoms with Gasteiger partial charge in [-0.3, -0.25) is 4.79 Å². The van der Waals surface area contributed by atoms with Crippen LogP contribution in [0.5, 0.6) is 0 Å². The van der Waals surface area contributed by atoms with E-state index in [1.807, 2.05) is 30.3 Å². The van der Waals surface area contributed by atoms with Crippen LogP contribution in [0, 0.1) is 0 Å². The maximum absolute atomic E-state index is 13.0. The highest BCUT2D eigenvalue weighted by atomic mass is 32.2. The van der Waals surface area contributed by atoms with E-state index in [0.29, 0.717) is 5.56 Å². The zero-order chi connectivity index (χ0) is 17.9. The number of carbonyl (C=O) groups is 2. The molecule has 2 unspecified atom stereocenters. The highest BCUT2D eigenvalue weighted by Gasteiger charge is 2.42. The van der Waals surface area contributed by atoms with Gasteiger partial charge in [0.05, 0.1) is 0 Å². The van der Waals surface area contributed by atoms with Crippen LogP contribution in [0.25, 0.3) is 0 Å². The van der Waals surface area contributed by atoms with Gasteiger partial charge in [0, 0.05) is 0 Å². The molecule has 2 N–H and O–H groups in total. The number of aliphatic carboxylic acids is 1. The smallest absolute Gasteiger partial charge is 0.334 e. The Morgan fingerprint density at radius 1 is 1.16 bits per heavy atom. The van der Waals surface area contributed by atoms with Gasteiger partial charge in [-0.1, -0.05) is 61.5 Å². The summed E-state index contributed by atoms with van der Waals surface area (Å²) >= 11 is 1.57. The summed E-state index contributed by atoms with van der Waals surface area (Å²) in [7, 11) is 0. The lowest BCUT2D eigenvalue weighted by Gasteiger charge is -2.33. The number of fused-ring (bicyclic) bond motifs is 1. The fourth-order valence-corrected chi connectivity index (χ4v) is 4.50. The van der Waals surface area contributed by atoms with Crippen LogP contribution in [-0.4, -0.2) is 22.7 Å². The van der Waals surface area contributed by atoms with Crippen LogP contribution in [0.2, 0.25) is 0 Å². The van der Waals surface area contributed by atoms with Crippen molar-refractivity contribution in [1.29, 1.82) is 0 Å². The third kappa shape index (κ3) is 3.29. The number of thioether (sulfide) groups is 1. The van der Waals surface area contributed by atoms with E-state index in [9.17, 15) is 14.7 Å². The third-order valence-corrected chi connectivity index (χ3v) is 5.97. The molecule has 0 aromatic heterocycles. The summed E-state index contributed by atoms with van der Waals surface area (Å²) in [5.41, 5.74) is 1.33. The molecular weight excluding hydrogens is 334 g/mol. The van der Waals surface area contributed by atoms with Gasteiger partial charge in [0.1, 0.15) is 5.25 Å². The van der Waals surface area contributed by atoms with Gasteiger partial charge < -0.3 is 10.4 Å². The molecule has 0 saturated heterocycles. The summed E-state index contributed by atoms with van der Waals surface area (Å²) in [6.07, 6.45) is 1.21. The van der Waals surface area contributed by atoms with E-state index in [1.54, 1.807) is 43.0 Å². The minimum atomic E-state index is -1.41. The second-order valence-electron chi connectivity index (χ2n) is 6.12. The minimum absolute atomic E-state index is 0.245. The third-order valence-electron chi connectivity index (χ3n) is 4.73. The summed E-state index contributed by atoms with van der Waals surface area (Å²) in [5.74, 6) is -0.430. The SMILES string of the molecule is CCC(NC(=O)C1SCCc2ccccc21)(C(=O)O)c1ccccc1. The summed E-state index contributed by atoms with van der Waals surface area (Å²) < 4.78 is 0. The highest BCUT2D eigenvalue weighted by Crippen LogP contribution is 2.38. The average Bonchev–Trinajstić information content (AvgIpc) is 2.66. The first-order chi connectivity index (χ1) is 12.1. The molecule has 5 heteroatoms. The predicted octanol–water partition coefficient (Wildman–Crippen LogP) is 3.52. The molecule has 0 aliphatic carbocycles. The lowest BCUT2D eigenvalue weighted by molar-refractivity contribution is -0.148. The van der Waals surface area contributed by atoms with Gasteiger partial charge in [-0.15, -0.1) is 11.8 Å². The Morgan fingerprint density at radius 3 is 2.52 bits per heavy atom. The van der Waals surface area contributed by atoms with Crippen molar-refractivity contribution in [3.8, 4) is 0 Å². The molecule has 0 spiro atoms. The van der Waals surface area contributed by atoms with Gasteiger partial charge in [0.2, 0.25) is 5.91 Å². The van der Waals surface area contributed by atoms with Crippen molar-refractivity contribution >= 4 is 23.6 Å². The Bertz CT molecular complexity index is 778. The zero-order valence-corrected chi connectivity index (χ0v) is 14.9. The van der Waals surface area contributed by atoms with Crippen LogP contribution < -0.4 is 5.32 Å². The number of nitrogens with one attached hydrogen (secondary N) is 1. The van der Waals surface area contributed by atoms with Crippen molar-refractivity contribution < 1.29 is 14.7 Å². The van der Waals surface area contributed by atoms with Crippen molar-refractivity contribution in [1.82, 2.24) is 5.32 Å². The molecule has 1 aliphatic heterocycles. The molecule has 2 aromatic carbocycles. The number of hydrogen-bond donors (Lipinski definition) is 2. The predicted molar refractivity (Wildman–Crippen MR) is 99.5 cm³/mol. The number of carbonyl (C=O) groups excluding carboxylic acids is 1. The number of amides is 1. The molecule has 25 heavy (non-hydrogen) atoms. The Morgan fingerprint density at radius 2 is 1.84 bits per heavy atom. The van der Waals surface area contributed by atoms with Crippen molar-refractivity contribution in [3.05, 3.63) is 71.3 Å². The Labute approximate surface area is 151 Å². The van der Waals surface area contributed by atoms with Gasteiger partial charge in [0.15, 0.2) is 5.54 Å². The largest absolute Gasteiger partial charge is 0.479 e. The van der Waals surface area contributed by atoms with E-state index in [2.05, 4.69) is 5.32 Å². The number of carboxylic acids is 1. The maximum Gasteiger partial charge on any atom is 0.334 e. The minimum Gasteiger partial charge on any atom is -0.479 e. The van der Waals surface area contributed by atoms with Crippen LogP contribution in [0.1, 0.15) is 35.3 Å². The second-order valence-corrected chi connectivity index (χ2v) is 7.33. The molecule has 0 saturated carbocycles. The summed E-state index contributed by atoms with van der Waals surface area (Å²) in [6.45, 7) is 1.78. The molecule has 2 aromatic rings. The molecule has 2 atom stereocenters. The summed E-state index contributed by atoms with van der Waals surface area (Å²) in [6, 6.07) is 16.8. The molecule has 1 aliphatic rings. The van der Waals surface area contributed by atoms with Crippen molar-refractivity contribution in [3.63, 3.8) is 0 Å². The molecule has 0 fully saturated rings. The van der Waals surface area contributed by atoms with Crippen molar-refractivity contribution in [2.75, 3.05) is 5.75 Å². The number of aryl methyl sites for hydroxylation is 1. The molecule has 4 nitrogen and oxygen atoms in total. The molecular formula is C20H21NO3S. The highest BCUT2D eigenvalue weighted by molar-refractivity contribution is 8.00. The van der Waals surface area contributed by atoms with E-state index in [-0.39, 0.29) is 17.6 Å². The zero-order valence-electron chi connectivity index (χ0n) is 14.1. The Hall–Kier alpha value is -2.27. The van der Waals surface area contributed by atoms with Crippen molar-refractivity contribution in [2.45, 2.75) is 30.6 Å². The number of carboxylic acid groups (broad SMARTS) is 1. The number of rotatable bonds is 5. The van der Waals surface area contributed by atoms with Crippen LogP contribution in [0.15, 0.2) is 54.6 Å². The maximum atomic E-state index is 13.0. The molecule has 3 rings (SSSR count). The topological polar surface area (TPSA) is 66.4 Å². The molecule has 0 radical (unpaired) electrons. The number of hydrogen-bond acceptors (Lipinski definition) is 3. The molecule has 1 amide bonds. The van der Waals surface area contributed by atoms with Gasteiger partial charge in [-0.05, 0) is 35.3 Å². The Balaban J connectivity index is 1.94. The van der Waals surface area contributed by atoms with Crippen LogP contribution in [0.4, 0.5) is 0 Å². The first kappa shape index (κ1) is 17.5. The number of benzene rings is 2.